The Morgan fingerprint density at radius 3 is 2.00 bits per heavy atom. The van der Waals surface area contributed by atoms with E-state index in [0.29, 0.717) is 0 Å². The number of hydrogen-bond donors (Lipinski definition) is 0. The SMILES string of the molecule is FC(F)(F)Oc1cc[c-]cc1.[CH3-].[K+]. The van der Waals surface area contributed by atoms with E-state index in [2.05, 4.69) is 10.8 Å². The minimum absolute atomic E-state index is 0. The second kappa shape index (κ2) is 6.83. The van der Waals surface area contributed by atoms with E-state index in [1.165, 1.54) is 24.3 Å². The van der Waals surface area contributed by atoms with Gasteiger partial charge in [0, 0.05) is 5.75 Å². The molecule has 0 N–H and O–H groups in total. The molecule has 0 aliphatic carbocycles. The number of halogens is 3. The first-order chi connectivity index (χ1) is 5.08. The molecule has 68 valence electrons. The summed E-state index contributed by atoms with van der Waals surface area (Å²) in [4.78, 5) is 0. The molecule has 0 fully saturated rings. The van der Waals surface area contributed by atoms with Crippen LogP contribution in [0.25, 0.3) is 0 Å². The fourth-order valence-corrected chi connectivity index (χ4v) is 0.573. The van der Waals surface area contributed by atoms with Crippen LogP contribution in [0.2, 0.25) is 0 Å². The zero-order valence-electron chi connectivity index (χ0n) is 7.35. The summed E-state index contributed by atoms with van der Waals surface area (Å²) < 4.78 is 38.1. The zero-order chi connectivity index (χ0) is 8.32. The summed E-state index contributed by atoms with van der Waals surface area (Å²) in [7, 11) is 0. The van der Waals surface area contributed by atoms with Crippen molar-refractivity contribution in [2.45, 2.75) is 6.36 Å². The first-order valence-electron chi connectivity index (χ1n) is 2.80. The maximum Gasteiger partial charge on any atom is 1.00 e. The summed E-state index contributed by atoms with van der Waals surface area (Å²) >= 11 is 0. The van der Waals surface area contributed by atoms with E-state index in [-0.39, 0.29) is 64.6 Å². The van der Waals surface area contributed by atoms with Crippen LogP contribution in [0.1, 0.15) is 0 Å². The van der Waals surface area contributed by atoms with Crippen molar-refractivity contribution in [3.05, 3.63) is 37.8 Å². The average molecular weight is 215 g/mol. The average Bonchev–Trinajstić information content (AvgIpc) is 1.85. The summed E-state index contributed by atoms with van der Waals surface area (Å²) in [5.41, 5.74) is 0. The molecule has 1 rings (SSSR count). The maximum absolute atomic E-state index is 11.5. The van der Waals surface area contributed by atoms with E-state index >= 15 is 0 Å². The molecule has 5 heteroatoms. The van der Waals surface area contributed by atoms with Crippen molar-refractivity contribution in [2.24, 2.45) is 0 Å². The summed E-state index contributed by atoms with van der Waals surface area (Å²) in [5.74, 6) is -0.226. The van der Waals surface area contributed by atoms with E-state index < -0.39 is 6.36 Å². The number of rotatable bonds is 1. The molecule has 0 aliphatic rings. The van der Waals surface area contributed by atoms with Crippen molar-refractivity contribution in [3.63, 3.8) is 0 Å². The summed E-state index contributed by atoms with van der Waals surface area (Å²) in [5, 5.41) is 0. The Labute approximate surface area is 118 Å². The molecule has 0 saturated heterocycles. The maximum atomic E-state index is 11.5. The molecule has 0 bridgehead atoms. The van der Waals surface area contributed by atoms with Crippen LogP contribution in [0.4, 0.5) is 13.2 Å². The molecule has 0 heterocycles. The van der Waals surface area contributed by atoms with Gasteiger partial charge in [0.25, 0.3) is 0 Å². The molecule has 1 aromatic rings. The Hall–Kier alpha value is 0.446. The van der Waals surface area contributed by atoms with E-state index in [1.54, 1.807) is 0 Å². The normalized spacial score (nSPS) is 9.46. The summed E-state index contributed by atoms with van der Waals surface area (Å²) in [6.45, 7) is 0. The molecular formula is C8H7F3KO-. The van der Waals surface area contributed by atoms with Gasteiger partial charge in [0.05, 0.1) is 0 Å². The van der Waals surface area contributed by atoms with E-state index in [0.717, 1.165) is 0 Å². The van der Waals surface area contributed by atoms with Crippen LogP contribution in [0.5, 0.6) is 5.75 Å². The fraction of sp³-hybridized carbons (Fsp3) is 0.125. The molecular weight excluding hydrogens is 208 g/mol. The third kappa shape index (κ3) is 7.51. The molecule has 0 atom stereocenters. The van der Waals surface area contributed by atoms with Gasteiger partial charge in [-0.3, -0.25) is 0 Å². The molecule has 1 nitrogen and oxygen atoms in total. The van der Waals surface area contributed by atoms with Crippen molar-refractivity contribution in [1.29, 1.82) is 0 Å². The van der Waals surface area contributed by atoms with E-state index in [1.807, 2.05) is 0 Å². The van der Waals surface area contributed by atoms with Crippen molar-refractivity contribution < 1.29 is 69.3 Å². The molecule has 0 spiro atoms. The number of ether oxygens (including phenoxy) is 1. The Morgan fingerprint density at radius 1 is 1.15 bits per heavy atom. The molecule has 0 aromatic heterocycles. The van der Waals surface area contributed by atoms with Gasteiger partial charge >= 0.3 is 57.7 Å². The smallest absolute Gasteiger partial charge is 0.432 e. The summed E-state index contributed by atoms with van der Waals surface area (Å²) in [6, 6.07) is 7.64. The van der Waals surface area contributed by atoms with Gasteiger partial charge in [-0.2, -0.15) is 18.2 Å². The van der Waals surface area contributed by atoms with Crippen molar-refractivity contribution in [3.8, 4) is 5.75 Å². The Balaban J connectivity index is 0. The van der Waals surface area contributed by atoms with Gasteiger partial charge in [-0.05, 0) is 0 Å². The van der Waals surface area contributed by atoms with Gasteiger partial charge in [-0.1, -0.05) is 0 Å². The van der Waals surface area contributed by atoms with Crippen LogP contribution in [-0.4, -0.2) is 6.36 Å². The predicted octanol–water partition coefficient (Wildman–Crippen LogP) is -0.160. The molecule has 0 aliphatic heterocycles. The van der Waals surface area contributed by atoms with Gasteiger partial charge < -0.3 is 12.2 Å². The zero-order valence-corrected chi connectivity index (χ0v) is 10.5. The predicted molar refractivity (Wildman–Crippen MR) is 38.4 cm³/mol. The van der Waals surface area contributed by atoms with Gasteiger partial charge in [0.2, 0.25) is 0 Å². The van der Waals surface area contributed by atoms with Crippen molar-refractivity contribution in [1.82, 2.24) is 0 Å². The number of benzene rings is 1. The third-order valence-corrected chi connectivity index (χ3v) is 0.921. The number of alkyl halides is 3. The van der Waals surface area contributed by atoms with E-state index in [4.69, 9.17) is 0 Å². The molecule has 13 heavy (non-hydrogen) atoms. The van der Waals surface area contributed by atoms with Gasteiger partial charge in [-0.15, -0.1) is 25.3 Å². The minimum Gasteiger partial charge on any atom is -0.432 e. The molecule has 1 aromatic carbocycles. The standard InChI is InChI=1S/C7H4F3O.CH3.K/c8-7(9,10)11-6-4-2-1-3-5-6;;/h2-5H;1H3;/q2*-1;+1. The van der Waals surface area contributed by atoms with Crippen LogP contribution in [-0.2, 0) is 0 Å². The van der Waals surface area contributed by atoms with Gasteiger partial charge in [-0.25, -0.2) is 0 Å². The largest absolute Gasteiger partial charge is 1.00 e. The Morgan fingerprint density at radius 2 is 1.62 bits per heavy atom. The van der Waals surface area contributed by atoms with Crippen molar-refractivity contribution >= 4 is 0 Å². The van der Waals surface area contributed by atoms with Crippen molar-refractivity contribution in [2.75, 3.05) is 0 Å². The minimum atomic E-state index is -4.61. The van der Waals surface area contributed by atoms with Crippen LogP contribution < -0.4 is 56.1 Å². The second-order valence-corrected chi connectivity index (χ2v) is 1.78. The monoisotopic (exact) mass is 215 g/mol. The topological polar surface area (TPSA) is 9.23 Å². The molecule has 0 unspecified atom stereocenters. The molecule has 0 radical (unpaired) electrons. The third-order valence-electron chi connectivity index (χ3n) is 0.921. The Bertz CT molecular complexity index is 223. The van der Waals surface area contributed by atoms with Gasteiger partial charge in [0.15, 0.2) is 0 Å². The molecule has 0 amide bonds. The first kappa shape index (κ1) is 15.9. The summed E-state index contributed by atoms with van der Waals surface area (Å²) in [6.07, 6.45) is -4.61. The quantitative estimate of drug-likeness (QED) is 0.467. The fourth-order valence-electron chi connectivity index (χ4n) is 0.573. The second-order valence-electron chi connectivity index (χ2n) is 1.78. The van der Waals surface area contributed by atoms with Crippen LogP contribution >= 0.6 is 0 Å². The van der Waals surface area contributed by atoms with Gasteiger partial charge in [0.1, 0.15) is 0 Å². The molecule has 0 saturated carbocycles. The Kier molecular flexibility index (Phi) is 8.36. The van der Waals surface area contributed by atoms with Crippen LogP contribution in [0, 0.1) is 13.5 Å². The number of hydrogen-bond acceptors (Lipinski definition) is 1. The van der Waals surface area contributed by atoms with Crippen LogP contribution in [0.15, 0.2) is 24.3 Å². The first-order valence-corrected chi connectivity index (χ1v) is 2.80. The van der Waals surface area contributed by atoms with E-state index in [9.17, 15) is 13.2 Å². The van der Waals surface area contributed by atoms with Crippen LogP contribution in [0.3, 0.4) is 0 Å².